The summed E-state index contributed by atoms with van der Waals surface area (Å²) in [5, 5.41) is 16.1. The summed E-state index contributed by atoms with van der Waals surface area (Å²) in [6.07, 6.45) is 0.420. The van der Waals surface area contributed by atoms with E-state index in [4.69, 9.17) is 0 Å². The lowest BCUT2D eigenvalue weighted by molar-refractivity contribution is 0.0911. The summed E-state index contributed by atoms with van der Waals surface area (Å²) in [6.45, 7) is 0.876. The van der Waals surface area contributed by atoms with Crippen LogP contribution >= 0.6 is 0 Å². The van der Waals surface area contributed by atoms with Gasteiger partial charge in [-0.05, 0) is 43.9 Å². The molecule has 2 rings (SSSR count). The molecule has 8 heteroatoms. The fourth-order valence-corrected chi connectivity index (χ4v) is 3.48. The summed E-state index contributed by atoms with van der Waals surface area (Å²) < 4.78 is 23.0. The van der Waals surface area contributed by atoms with Crippen LogP contribution in [0.4, 0.5) is 10.5 Å². The van der Waals surface area contributed by atoms with Gasteiger partial charge >= 0.3 is 6.03 Å². The maximum Gasteiger partial charge on any atom is 0.319 e. The standard InChI is InChI=1S/C20H27N3O4S/c1-23(2)14-16(19(24)15-7-5-4-6-8-15)13-21-20(25)22-17-9-11-18(12-10-17)28(3,26)27/h4-12,16,19,24H,13-14H2,1-3H3,(H2,21,22,25)/t16-,19-/m1/s1. The summed E-state index contributed by atoms with van der Waals surface area (Å²) in [5.41, 5.74) is 1.28. The summed E-state index contributed by atoms with van der Waals surface area (Å²) in [6, 6.07) is 14.9. The molecule has 2 aromatic rings. The number of nitrogens with one attached hydrogen (secondary N) is 2. The van der Waals surface area contributed by atoms with Crippen molar-refractivity contribution in [1.82, 2.24) is 10.2 Å². The van der Waals surface area contributed by atoms with Crippen molar-refractivity contribution in [1.29, 1.82) is 0 Å². The SMILES string of the molecule is CN(C)C[C@@H](CNC(=O)Nc1ccc(S(C)(=O)=O)cc1)[C@H](O)c1ccccc1. The van der Waals surface area contributed by atoms with Crippen molar-refractivity contribution in [2.75, 3.05) is 38.8 Å². The number of hydrogen-bond donors (Lipinski definition) is 3. The predicted molar refractivity (Wildman–Crippen MR) is 110 cm³/mol. The number of amides is 2. The van der Waals surface area contributed by atoms with E-state index in [-0.39, 0.29) is 17.4 Å². The van der Waals surface area contributed by atoms with Crippen LogP contribution in [0, 0.1) is 5.92 Å². The Morgan fingerprint density at radius 1 is 1.07 bits per heavy atom. The van der Waals surface area contributed by atoms with Gasteiger partial charge in [0.1, 0.15) is 0 Å². The highest BCUT2D eigenvalue weighted by atomic mass is 32.2. The molecule has 0 bridgehead atoms. The fraction of sp³-hybridized carbons (Fsp3) is 0.350. The molecule has 0 aromatic heterocycles. The van der Waals surface area contributed by atoms with E-state index in [9.17, 15) is 18.3 Å². The molecule has 0 heterocycles. The first-order chi connectivity index (χ1) is 13.2. The van der Waals surface area contributed by atoms with Crippen molar-refractivity contribution in [3.05, 3.63) is 60.2 Å². The number of carbonyl (C=O) groups excluding carboxylic acids is 1. The fourth-order valence-electron chi connectivity index (χ4n) is 2.85. The zero-order valence-electron chi connectivity index (χ0n) is 16.3. The van der Waals surface area contributed by atoms with Crippen molar-refractivity contribution in [3.8, 4) is 0 Å². The quantitative estimate of drug-likeness (QED) is 0.625. The topological polar surface area (TPSA) is 98.7 Å². The van der Waals surface area contributed by atoms with Crippen molar-refractivity contribution in [2.24, 2.45) is 5.92 Å². The van der Waals surface area contributed by atoms with Crippen molar-refractivity contribution in [3.63, 3.8) is 0 Å². The Kier molecular flexibility index (Phi) is 7.56. The summed E-state index contributed by atoms with van der Waals surface area (Å²) in [4.78, 5) is 14.4. The Bertz CT molecular complexity index is 868. The van der Waals surface area contributed by atoms with Crippen LogP contribution in [0.2, 0.25) is 0 Å². The normalized spacial score (nSPS) is 13.8. The maximum absolute atomic E-state index is 12.2. The molecule has 0 aliphatic heterocycles. The smallest absolute Gasteiger partial charge is 0.319 e. The molecule has 152 valence electrons. The van der Waals surface area contributed by atoms with Crippen LogP contribution in [0.3, 0.4) is 0 Å². The molecule has 0 saturated heterocycles. The van der Waals surface area contributed by atoms with Crippen molar-refractivity contribution < 1.29 is 18.3 Å². The van der Waals surface area contributed by atoms with E-state index in [0.29, 0.717) is 12.2 Å². The number of urea groups is 1. The summed E-state index contributed by atoms with van der Waals surface area (Å²) >= 11 is 0. The Labute approximate surface area is 166 Å². The third-order valence-electron chi connectivity index (χ3n) is 4.25. The van der Waals surface area contributed by atoms with Gasteiger partial charge < -0.3 is 20.6 Å². The molecule has 0 radical (unpaired) electrons. The Hall–Kier alpha value is -2.42. The minimum absolute atomic E-state index is 0.190. The van der Waals surface area contributed by atoms with Gasteiger partial charge in [-0.1, -0.05) is 30.3 Å². The van der Waals surface area contributed by atoms with E-state index in [2.05, 4.69) is 10.6 Å². The molecule has 0 unspecified atom stereocenters. The van der Waals surface area contributed by atoms with Gasteiger partial charge in [0.15, 0.2) is 9.84 Å². The highest BCUT2D eigenvalue weighted by Gasteiger charge is 2.22. The average molecular weight is 406 g/mol. The molecular formula is C20H27N3O4S. The molecule has 2 atom stereocenters. The van der Waals surface area contributed by atoms with Crippen LogP contribution in [-0.4, -0.2) is 57.9 Å². The molecule has 0 aliphatic carbocycles. The van der Waals surface area contributed by atoms with Crippen LogP contribution in [0.5, 0.6) is 0 Å². The molecule has 28 heavy (non-hydrogen) atoms. The Balaban J connectivity index is 1.97. The molecule has 2 aromatic carbocycles. The second-order valence-electron chi connectivity index (χ2n) is 7.01. The summed E-state index contributed by atoms with van der Waals surface area (Å²) in [5.74, 6) is -0.198. The number of rotatable bonds is 8. The molecule has 0 fully saturated rings. The third kappa shape index (κ3) is 6.63. The monoisotopic (exact) mass is 405 g/mol. The average Bonchev–Trinajstić information content (AvgIpc) is 2.64. The van der Waals surface area contributed by atoms with Gasteiger partial charge in [0, 0.05) is 31.0 Å². The largest absolute Gasteiger partial charge is 0.388 e. The second-order valence-corrected chi connectivity index (χ2v) is 9.03. The summed E-state index contributed by atoms with van der Waals surface area (Å²) in [7, 11) is 0.544. The number of aliphatic hydroxyl groups is 1. The zero-order valence-corrected chi connectivity index (χ0v) is 17.1. The molecule has 2 amide bonds. The molecule has 7 nitrogen and oxygen atoms in total. The lowest BCUT2D eigenvalue weighted by atomic mass is 9.95. The maximum atomic E-state index is 12.2. The lowest BCUT2D eigenvalue weighted by Gasteiger charge is -2.26. The van der Waals surface area contributed by atoms with E-state index < -0.39 is 22.0 Å². The number of anilines is 1. The number of carbonyl (C=O) groups is 1. The van der Waals surface area contributed by atoms with Crippen LogP contribution in [0.25, 0.3) is 0 Å². The number of benzene rings is 2. The Morgan fingerprint density at radius 2 is 1.68 bits per heavy atom. The first-order valence-corrected chi connectivity index (χ1v) is 10.8. The van der Waals surface area contributed by atoms with E-state index in [1.807, 2.05) is 49.3 Å². The highest BCUT2D eigenvalue weighted by Crippen LogP contribution is 2.22. The number of hydrogen-bond acceptors (Lipinski definition) is 5. The predicted octanol–water partition coefficient (Wildman–Crippen LogP) is 2.12. The first-order valence-electron chi connectivity index (χ1n) is 8.89. The van der Waals surface area contributed by atoms with E-state index in [1.165, 1.54) is 24.3 Å². The molecule has 3 N–H and O–H groups in total. The van der Waals surface area contributed by atoms with Crippen LogP contribution in [0.15, 0.2) is 59.5 Å². The first kappa shape index (κ1) is 21.9. The van der Waals surface area contributed by atoms with Crippen LogP contribution in [0.1, 0.15) is 11.7 Å². The molecular weight excluding hydrogens is 378 g/mol. The van der Waals surface area contributed by atoms with E-state index in [0.717, 1.165) is 11.8 Å². The van der Waals surface area contributed by atoms with Gasteiger partial charge in [0.25, 0.3) is 0 Å². The Morgan fingerprint density at radius 3 is 2.21 bits per heavy atom. The number of sulfone groups is 1. The molecule has 0 saturated carbocycles. The van der Waals surface area contributed by atoms with E-state index in [1.54, 1.807) is 0 Å². The van der Waals surface area contributed by atoms with Crippen LogP contribution in [-0.2, 0) is 9.84 Å². The second kappa shape index (κ2) is 9.68. The third-order valence-corrected chi connectivity index (χ3v) is 5.38. The van der Waals surface area contributed by atoms with Crippen molar-refractivity contribution in [2.45, 2.75) is 11.0 Å². The van der Waals surface area contributed by atoms with Gasteiger partial charge in [-0.3, -0.25) is 0 Å². The van der Waals surface area contributed by atoms with Crippen molar-refractivity contribution >= 4 is 21.6 Å². The highest BCUT2D eigenvalue weighted by molar-refractivity contribution is 7.90. The van der Waals surface area contributed by atoms with Crippen LogP contribution < -0.4 is 10.6 Å². The van der Waals surface area contributed by atoms with E-state index >= 15 is 0 Å². The minimum atomic E-state index is -3.28. The minimum Gasteiger partial charge on any atom is -0.388 e. The number of nitrogens with zero attached hydrogens (tertiary/aromatic N) is 1. The molecule has 0 spiro atoms. The number of aliphatic hydroxyl groups excluding tert-OH is 1. The van der Waals surface area contributed by atoms with Gasteiger partial charge in [-0.15, -0.1) is 0 Å². The lowest BCUT2D eigenvalue weighted by Crippen LogP contribution is -2.39. The van der Waals surface area contributed by atoms with Gasteiger partial charge in [-0.25, -0.2) is 13.2 Å². The van der Waals surface area contributed by atoms with Gasteiger partial charge in [-0.2, -0.15) is 0 Å². The van der Waals surface area contributed by atoms with Gasteiger partial charge in [0.05, 0.1) is 11.0 Å². The van der Waals surface area contributed by atoms with Gasteiger partial charge in [0.2, 0.25) is 0 Å². The molecule has 0 aliphatic rings. The zero-order chi connectivity index (χ0) is 20.7.